The van der Waals surface area contributed by atoms with Crippen molar-refractivity contribution in [3.63, 3.8) is 0 Å². The Bertz CT molecular complexity index is 545. The topological polar surface area (TPSA) is 72.9 Å². The molecule has 1 atom stereocenters. The van der Waals surface area contributed by atoms with Gasteiger partial charge in [-0.3, -0.25) is 13.9 Å². The summed E-state index contributed by atoms with van der Waals surface area (Å²) in [7, 11) is -1.01. The summed E-state index contributed by atoms with van der Waals surface area (Å²) in [6.07, 6.45) is -0.358. The van der Waals surface area contributed by atoms with Gasteiger partial charge >= 0.3 is 12.1 Å². The smallest absolute Gasteiger partial charge is 0.416 e. The number of nitrogens with zero attached hydrogens (tertiary/aromatic N) is 1. The van der Waals surface area contributed by atoms with Crippen LogP contribution in [0.25, 0.3) is 0 Å². The van der Waals surface area contributed by atoms with E-state index >= 15 is 0 Å². The average molecular weight is 297 g/mol. The number of benzene rings is 1. The van der Waals surface area contributed by atoms with Crippen molar-refractivity contribution in [3.8, 4) is 11.5 Å². The summed E-state index contributed by atoms with van der Waals surface area (Å²) in [4.78, 5) is 24.6. The first-order chi connectivity index (χ1) is 9.60. The second-order valence-electron chi connectivity index (χ2n) is 4.18. The number of ether oxygens (including phenoxy) is 2. The summed E-state index contributed by atoms with van der Waals surface area (Å²) >= 11 is 0. The van der Waals surface area contributed by atoms with Gasteiger partial charge in [0.25, 0.3) is 0 Å². The summed E-state index contributed by atoms with van der Waals surface area (Å²) in [5.74, 6) is 0.609. The van der Waals surface area contributed by atoms with E-state index in [1.54, 1.807) is 31.2 Å². The standard InChI is InChI=1S/C13H15NO5S/c1-2-12(15)18-10-5-3-4-6-11(10)19-13(16)14-7-8-20(17)9-14/h3-6H,2,7-9H2,1H3. The van der Waals surface area contributed by atoms with Gasteiger partial charge in [-0.2, -0.15) is 0 Å². The van der Waals surface area contributed by atoms with Crippen LogP contribution in [0, 0.1) is 0 Å². The lowest BCUT2D eigenvalue weighted by Crippen LogP contribution is -2.31. The maximum absolute atomic E-state index is 11.9. The molecule has 1 unspecified atom stereocenters. The van der Waals surface area contributed by atoms with Crippen LogP contribution < -0.4 is 9.47 Å². The number of esters is 1. The highest BCUT2D eigenvalue weighted by molar-refractivity contribution is 7.85. The van der Waals surface area contributed by atoms with Crippen LogP contribution in [-0.2, 0) is 15.6 Å². The predicted molar refractivity (Wildman–Crippen MR) is 73.0 cm³/mol. The number of carbonyl (C=O) groups excluding carboxylic acids is 2. The van der Waals surface area contributed by atoms with E-state index in [0.717, 1.165) is 0 Å². The van der Waals surface area contributed by atoms with Crippen LogP contribution in [0.3, 0.4) is 0 Å². The van der Waals surface area contributed by atoms with E-state index in [0.29, 0.717) is 12.3 Å². The molecule has 0 radical (unpaired) electrons. The summed E-state index contributed by atoms with van der Waals surface area (Å²) in [6.45, 7) is 2.08. The highest BCUT2D eigenvalue weighted by atomic mass is 32.2. The minimum atomic E-state index is -1.01. The lowest BCUT2D eigenvalue weighted by atomic mass is 10.3. The van der Waals surface area contributed by atoms with Gasteiger partial charge in [-0.1, -0.05) is 19.1 Å². The number of amides is 1. The normalized spacial score (nSPS) is 17.9. The molecule has 0 spiro atoms. The van der Waals surface area contributed by atoms with Gasteiger partial charge in [0.2, 0.25) is 0 Å². The lowest BCUT2D eigenvalue weighted by molar-refractivity contribution is -0.134. The zero-order valence-corrected chi connectivity index (χ0v) is 11.9. The Kier molecular flexibility index (Phi) is 4.73. The van der Waals surface area contributed by atoms with Crippen molar-refractivity contribution < 1.29 is 23.3 Å². The molecular formula is C13H15NO5S. The maximum Gasteiger partial charge on any atom is 0.416 e. The van der Waals surface area contributed by atoms with Crippen molar-refractivity contribution in [1.29, 1.82) is 0 Å². The molecule has 0 N–H and O–H groups in total. The average Bonchev–Trinajstić information content (AvgIpc) is 2.87. The van der Waals surface area contributed by atoms with Crippen LogP contribution in [0.5, 0.6) is 11.5 Å². The minimum absolute atomic E-state index is 0.176. The third-order valence-electron chi connectivity index (χ3n) is 2.71. The molecule has 0 bridgehead atoms. The maximum atomic E-state index is 11.9. The minimum Gasteiger partial charge on any atom is -0.423 e. The molecule has 1 amide bonds. The van der Waals surface area contributed by atoms with Crippen LogP contribution in [0.1, 0.15) is 13.3 Å². The molecule has 0 aliphatic carbocycles. The van der Waals surface area contributed by atoms with E-state index < -0.39 is 22.9 Å². The van der Waals surface area contributed by atoms with Crippen LogP contribution >= 0.6 is 0 Å². The van der Waals surface area contributed by atoms with Crippen molar-refractivity contribution >= 4 is 22.9 Å². The number of hydrogen-bond donors (Lipinski definition) is 0. The first-order valence-electron chi connectivity index (χ1n) is 6.21. The molecule has 7 heteroatoms. The van der Waals surface area contributed by atoms with Crippen molar-refractivity contribution in [1.82, 2.24) is 4.90 Å². The Labute approximate surface area is 119 Å². The lowest BCUT2D eigenvalue weighted by Gasteiger charge is -2.15. The molecule has 0 aromatic heterocycles. The van der Waals surface area contributed by atoms with Crippen molar-refractivity contribution in [2.24, 2.45) is 0 Å². The van der Waals surface area contributed by atoms with Gasteiger partial charge in [-0.25, -0.2) is 4.79 Å². The molecule has 1 aliphatic heterocycles. The van der Waals surface area contributed by atoms with Gasteiger partial charge in [0, 0.05) is 29.5 Å². The van der Waals surface area contributed by atoms with Crippen molar-refractivity contribution in [2.75, 3.05) is 18.2 Å². The Hall–Kier alpha value is -1.89. The summed E-state index contributed by atoms with van der Waals surface area (Å²) in [5.41, 5.74) is 0. The van der Waals surface area contributed by atoms with Crippen LogP contribution in [-0.4, -0.2) is 39.3 Å². The molecule has 1 saturated heterocycles. The number of rotatable bonds is 3. The molecule has 1 fully saturated rings. The second kappa shape index (κ2) is 6.51. The van der Waals surface area contributed by atoms with Gasteiger partial charge in [-0.15, -0.1) is 0 Å². The van der Waals surface area contributed by atoms with Crippen molar-refractivity contribution in [2.45, 2.75) is 13.3 Å². The fraction of sp³-hybridized carbons (Fsp3) is 0.385. The first-order valence-corrected chi connectivity index (χ1v) is 7.70. The van der Waals surface area contributed by atoms with Crippen molar-refractivity contribution in [3.05, 3.63) is 24.3 Å². The fourth-order valence-corrected chi connectivity index (χ4v) is 2.77. The van der Waals surface area contributed by atoms with Crippen LogP contribution in [0.15, 0.2) is 24.3 Å². The van der Waals surface area contributed by atoms with Gasteiger partial charge in [0.15, 0.2) is 11.5 Å². The Morgan fingerprint density at radius 2 is 1.90 bits per heavy atom. The first kappa shape index (κ1) is 14.5. The molecule has 0 saturated carbocycles. The zero-order valence-electron chi connectivity index (χ0n) is 11.0. The second-order valence-corrected chi connectivity index (χ2v) is 5.72. The number of para-hydroxylation sites is 2. The van der Waals surface area contributed by atoms with E-state index in [4.69, 9.17) is 9.47 Å². The van der Waals surface area contributed by atoms with E-state index in [1.165, 1.54) is 4.90 Å². The third kappa shape index (κ3) is 3.57. The Morgan fingerprint density at radius 3 is 2.45 bits per heavy atom. The number of carbonyl (C=O) groups is 2. The molecule has 20 heavy (non-hydrogen) atoms. The zero-order chi connectivity index (χ0) is 14.5. The largest absolute Gasteiger partial charge is 0.423 e. The number of hydrogen-bond acceptors (Lipinski definition) is 5. The van der Waals surface area contributed by atoms with E-state index in [-0.39, 0.29) is 23.8 Å². The van der Waals surface area contributed by atoms with E-state index in [2.05, 4.69) is 0 Å². The molecule has 1 aliphatic rings. The molecule has 1 heterocycles. The van der Waals surface area contributed by atoms with Gasteiger partial charge in [0.05, 0.1) is 5.88 Å². The molecular weight excluding hydrogens is 282 g/mol. The highest BCUT2D eigenvalue weighted by Crippen LogP contribution is 2.27. The van der Waals surface area contributed by atoms with Gasteiger partial charge in [-0.05, 0) is 12.1 Å². The van der Waals surface area contributed by atoms with E-state index in [9.17, 15) is 13.8 Å². The molecule has 108 valence electrons. The summed E-state index contributed by atoms with van der Waals surface area (Å²) in [6, 6.07) is 6.45. The highest BCUT2D eigenvalue weighted by Gasteiger charge is 2.25. The Balaban J connectivity index is 2.07. The molecule has 2 rings (SSSR count). The predicted octanol–water partition coefficient (Wildman–Crippen LogP) is 1.52. The van der Waals surface area contributed by atoms with Crippen LogP contribution in [0.4, 0.5) is 4.79 Å². The molecule has 1 aromatic carbocycles. The van der Waals surface area contributed by atoms with Gasteiger partial charge < -0.3 is 9.47 Å². The fourth-order valence-electron chi connectivity index (χ4n) is 1.63. The Morgan fingerprint density at radius 1 is 1.25 bits per heavy atom. The quantitative estimate of drug-likeness (QED) is 0.625. The van der Waals surface area contributed by atoms with E-state index in [1.807, 2.05) is 0 Å². The van der Waals surface area contributed by atoms with Gasteiger partial charge in [0.1, 0.15) is 0 Å². The molecule has 1 aromatic rings. The monoisotopic (exact) mass is 297 g/mol. The van der Waals surface area contributed by atoms with Crippen LogP contribution in [0.2, 0.25) is 0 Å². The molecule has 6 nitrogen and oxygen atoms in total. The third-order valence-corrected chi connectivity index (χ3v) is 3.94. The summed E-state index contributed by atoms with van der Waals surface area (Å²) < 4.78 is 21.5. The SMILES string of the molecule is CCC(=O)Oc1ccccc1OC(=O)N1CCS(=O)C1. The summed E-state index contributed by atoms with van der Waals surface area (Å²) in [5, 5.41) is 0.